The fraction of sp³-hybridized carbons (Fsp3) is 0.600. The highest BCUT2D eigenvalue weighted by Crippen LogP contribution is 2.24. The summed E-state index contributed by atoms with van der Waals surface area (Å²) in [6.45, 7) is 4.47. The van der Waals surface area contributed by atoms with Gasteiger partial charge in [-0.1, -0.05) is 19.9 Å². The largest absolute Gasteiger partial charge is 0.271 e. The minimum atomic E-state index is 0.300. The number of rotatable bonds is 6. The van der Waals surface area contributed by atoms with Gasteiger partial charge < -0.3 is 0 Å². The van der Waals surface area contributed by atoms with Crippen LogP contribution >= 0.6 is 23.1 Å². The van der Waals surface area contributed by atoms with E-state index in [1.807, 2.05) is 11.8 Å². The summed E-state index contributed by atoms with van der Waals surface area (Å²) in [6, 6.07) is 4.50. The molecule has 0 saturated carbocycles. The third kappa shape index (κ3) is 3.61. The summed E-state index contributed by atoms with van der Waals surface area (Å²) in [5.74, 6) is 6.58. The molecule has 1 rings (SSSR count). The van der Waals surface area contributed by atoms with Gasteiger partial charge in [0.25, 0.3) is 0 Å². The first-order valence-electron chi connectivity index (χ1n) is 4.89. The van der Waals surface area contributed by atoms with Crippen LogP contribution in [0.25, 0.3) is 0 Å². The lowest BCUT2D eigenvalue weighted by Crippen LogP contribution is -2.29. The fourth-order valence-corrected chi connectivity index (χ4v) is 3.01. The first-order valence-corrected chi connectivity index (χ1v) is 6.81. The summed E-state index contributed by atoms with van der Waals surface area (Å²) in [4.78, 5) is 1.32. The van der Waals surface area contributed by atoms with Gasteiger partial charge in [0.1, 0.15) is 0 Å². The summed E-state index contributed by atoms with van der Waals surface area (Å²) in [5.41, 5.74) is 2.87. The Balaban J connectivity index is 2.40. The van der Waals surface area contributed by atoms with Gasteiger partial charge in [0, 0.05) is 15.9 Å². The second-order valence-electron chi connectivity index (χ2n) is 3.29. The maximum absolute atomic E-state index is 5.53. The number of hydrazine groups is 1. The number of hydrogen-bond acceptors (Lipinski definition) is 4. The summed E-state index contributed by atoms with van der Waals surface area (Å²) in [6.07, 6.45) is 1.21. The van der Waals surface area contributed by atoms with Crippen LogP contribution in [0.15, 0.2) is 17.5 Å². The molecule has 0 radical (unpaired) electrons. The van der Waals surface area contributed by atoms with Crippen molar-refractivity contribution in [2.45, 2.75) is 31.6 Å². The van der Waals surface area contributed by atoms with Crippen LogP contribution < -0.4 is 11.3 Å². The number of thioether (sulfide) groups is 1. The predicted octanol–water partition coefficient (Wildman–Crippen LogP) is 2.78. The van der Waals surface area contributed by atoms with Crippen LogP contribution in [0.3, 0.4) is 0 Å². The molecule has 0 saturated heterocycles. The Morgan fingerprint density at radius 2 is 2.43 bits per heavy atom. The van der Waals surface area contributed by atoms with Crippen LogP contribution in [0.2, 0.25) is 0 Å². The molecule has 2 unspecified atom stereocenters. The molecule has 0 fully saturated rings. The van der Waals surface area contributed by atoms with Crippen molar-refractivity contribution < 1.29 is 0 Å². The second-order valence-corrected chi connectivity index (χ2v) is 5.74. The molecule has 3 N–H and O–H groups in total. The van der Waals surface area contributed by atoms with Crippen molar-refractivity contribution >= 4 is 23.1 Å². The van der Waals surface area contributed by atoms with Crippen molar-refractivity contribution in [3.8, 4) is 0 Å². The van der Waals surface area contributed by atoms with Gasteiger partial charge in [-0.05, 0) is 17.9 Å². The molecule has 1 aromatic heterocycles. The van der Waals surface area contributed by atoms with Gasteiger partial charge in [0.2, 0.25) is 0 Å². The predicted molar refractivity (Wildman–Crippen MR) is 66.6 cm³/mol. The van der Waals surface area contributed by atoms with E-state index in [0.717, 1.165) is 5.75 Å². The van der Waals surface area contributed by atoms with Gasteiger partial charge in [-0.2, -0.15) is 11.8 Å². The lowest BCUT2D eigenvalue weighted by Gasteiger charge is -2.16. The van der Waals surface area contributed by atoms with Gasteiger partial charge in [0.15, 0.2) is 0 Å². The Bertz CT molecular complexity index is 236. The van der Waals surface area contributed by atoms with Crippen molar-refractivity contribution in [1.29, 1.82) is 0 Å². The van der Waals surface area contributed by atoms with E-state index in [9.17, 15) is 0 Å². The number of nitrogens with two attached hydrogens (primary N) is 1. The fourth-order valence-electron chi connectivity index (χ4n) is 1.08. The van der Waals surface area contributed by atoms with E-state index in [0.29, 0.717) is 11.3 Å². The van der Waals surface area contributed by atoms with Crippen molar-refractivity contribution in [3.05, 3.63) is 22.4 Å². The van der Waals surface area contributed by atoms with Gasteiger partial charge in [-0.3, -0.25) is 11.3 Å². The third-order valence-corrected chi connectivity index (χ3v) is 4.62. The highest BCUT2D eigenvalue weighted by Gasteiger charge is 2.11. The lowest BCUT2D eigenvalue weighted by molar-refractivity contribution is 0.619. The zero-order chi connectivity index (χ0) is 10.4. The van der Waals surface area contributed by atoms with Crippen molar-refractivity contribution in [1.82, 2.24) is 5.43 Å². The lowest BCUT2D eigenvalue weighted by atomic mass is 10.3. The molecule has 0 aliphatic rings. The Kier molecular flexibility index (Phi) is 5.55. The first kappa shape index (κ1) is 12.0. The number of nitrogens with one attached hydrogen (secondary N) is 1. The summed E-state index contributed by atoms with van der Waals surface area (Å²) in [7, 11) is 0. The van der Waals surface area contributed by atoms with Crippen LogP contribution in [0.5, 0.6) is 0 Å². The van der Waals surface area contributed by atoms with E-state index < -0.39 is 0 Å². The molecule has 0 aliphatic heterocycles. The molecular weight excluding hydrogens is 212 g/mol. The van der Waals surface area contributed by atoms with Crippen LogP contribution in [-0.2, 0) is 0 Å². The van der Waals surface area contributed by atoms with Crippen LogP contribution in [0, 0.1) is 0 Å². The molecule has 0 aromatic carbocycles. The summed E-state index contributed by atoms with van der Waals surface area (Å²) in [5, 5.41) is 2.80. The van der Waals surface area contributed by atoms with E-state index in [1.165, 1.54) is 11.3 Å². The monoisotopic (exact) mass is 230 g/mol. The van der Waals surface area contributed by atoms with Crippen molar-refractivity contribution in [2.24, 2.45) is 5.84 Å². The molecule has 0 amide bonds. The number of thiophene rings is 1. The van der Waals surface area contributed by atoms with E-state index in [2.05, 4.69) is 36.8 Å². The molecule has 0 aliphatic carbocycles. The maximum Gasteiger partial charge on any atom is 0.0643 e. The van der Waals surface area contributed by atoms with Crippen molar-refractivity contribution in [2.75, 3.05) is 5.75 Å². The van der Waals surface area contributed by atoms with Crippen molar-refractivity contribution in [3.63, 3.8) is 0 Å². The standard InChI is InChI=1S/C10H18N2S2/c1-3-8(2)14-7-9(12-11)10-5-4-6-13-10/h4-6,8-9,12H,3,7,11H2,1-2H3. The summed E-state index contributed by atoms with van der Waals surface area (Å²) >= 11 is 3.73. The minimum absolute atomic E-state index is 0.300. The molecule has 80 valence electrons. The molecule has 0 spiro atoms. The van der Waals surface area contributed by atoms with E-state index in [4.69, 9.17) is 5.84 Å². The zero-order valence-electron chi connectivity index (χ0n) is 8.69. The van der Waals surface area contributed by atoms with Gasteiger partial charge in [-0.15, -0.1) is 11.3 Å². The van der Waals surface area contributed by atoms with Crippen LogP contribution in [0.4, 0.5) is 0 Å². The van der Waals surface area contributed by atoms with Gasteiger partial charge >= 0.3 is 0 Å². The molecule has 2 nitrogen and oxygen atoms in total. The maximum atomic E-state index is 5.53. The van der Waals surface area contributed by atoms with Crippen LogP contribution in [0.1, 0.15) is 31.2 Å². The Hall–Kier alpha value is -0.0300. The highest BCUT2D eigenvalue weighted by molar-refractivity contribution is 7.99. The number of hydrogen-bond donors (Lipinski definition) is 2. The molecule has 14 heavy (non-hydrogen) atoms. The minimum Gasteiger partial charge on any atom is -0.271 e. The first-order chi connectivity index (χ1) is 6.77. The van der Waals surface area contributed by atoms with E-state index in [1.54, 1.807) is 11.3 Å². The molecule has 4 heteroatoms. The second kappa shape index (κ2) is 6.45. The highest BCUT2D eigenvalue weighted by atomic mass is 32.2. The molecule has 1 heterocycles. The van der Waals surface area contributed by atoms with Crippen LogP contribution in [-0.4, -0.2) is 11.0 Å². The molecule has 2 atom stereocenters. The molecule has 1 aromatic rings. The van der Waals surface area contributed by atoms with Gasteiger partial charge in [0.05, 0.1) is 6.04 Å². The summed E-state index contributed by atoms with van der Waals surface area (Å²) < 4.78 is 0. The van der Waals surface area contributed by atoms with Gasteiger partial charge in [-0.25, -0.2) is 0 Å². The smallest absolute Gasteiger partial charge is 0.0643 e. The molecular formula is C10H18N2S2. The SMILES string of the molecule is CCC(C)SCC(NN)c1cccs1. The van der Waals surface area contributed by atoms with E-state index in [-0.39, 0.29) is 0 Å². The normalized spacial score (nSPS) is 15.4. The average molecular weight is 230 g/mol. The Morgan fingerprint density at radius 3 is 2.93 bits per heavy atom. The average Bonchev–Trinajstić information content (AvgIpc) is 2.72. The quantitative estimate of drug-likeness (QED) is 0.583. The van der Waals surface area contributed by atoms with E-state index >= 15 is 0 Å². The third-order valence-electron chi connectivity index (χ3n) is 2.21. The topological polar surface area (TPSA) is 38.0 Å². The Morgan fingerprint density at radius 1 is 1.64 bits per heavy atom. The zero-order valence-corrected chi connectivity index (χ0v) is 10.3. The Labute approximate surface area is 94.2 Å². The molecule has 0 bridgehead atoms.